The SMILES string of the molecule is C[C@@H]1CNC[C@@]1(C)N. The third-order valence-corrected chi connectivity index (χ3v) is 2.08. The maximum Gasteiger partial charge on any atom is 0.0290 e. The van der Waals surface area contributed by atoms with Crippen molar-refractivity contribution in [1.82, 2.24) is 5.32 Å². The predicted octanol–water partition coefficient (Wildman–Crippen LogP) is -0.0569. The second-order valence-corrected chi connectivity index (χ2v) is 3.04. The molecule has 1 saturated heterocycles. The van der Waals surface area contributed by atoms with Gasteiger partial charge < -0.3 is 11.1 Å². The summed E-state index contributed by atoms with van der Waals surface area (Å²) in [6.07, 6.45) is 0. The van der Waals surface area contributed by atoms with Crippen LogP contribution in [-0.2, 0) is 0 Å². The summed E-state index contributed by atoms with van der Waals surface area (Å²) >= 11 is 0. The van der Waals surface area contributed by atoms with Crippen molar-refractivity contribution >= 4 is 0 Å². The van der Waals surface area contributed by atoms with Crippen LogP contribution in [0.5, 0.6) is 0 Å². The molecule has 2 nitrogen and oxygen atoms in total. The van der Waals surface area contributed by atoms with E-state index in [-0.39, 0.29) is 5.54 Å². The Morgan fingerprint density at radius 2 is 2.38 bits per heavy atom. The molecular weight excluding hydrogens is 100 g/mol. The van der Waals surface area contributed by atoms with Gasteiger partial charge >= 0.3 is 0 Å². The van der Waals surface area contributed by atoms with E-state index in [1.165, 1.54) is 0 Å². The lowest BCUT2D eigenvalue weighted by molar-refractivity contribution is 0.404. The zero-order chi connectivity index (χ0) is 6.20. The molecule has 0 unspecified atom stereocenters. The average Bonchev–Trinajstić information content (AvgIpc) is 1.86. The highest BCUT2D eigenvalue weighted by Gasteiger charge is 2.30. The summed E-state index contributed by atoms with van der Waals surface area (Å²) < 4.78 is 0. The Hall–Kier alpha value is -0.0800. The summed E-state index contributed by atoms with van der Waals surface area (Å²) in [7, 11) is 0. The molecule has 2 heteroatoms. The van der Waals surface area contributed by atoms with E-state index in [0.29, 0.717) is 5.92 Å². The van der Waals surface area contributed by atoms with Crippen molar-refractivity contribution in [2.75, 3.05) is 13.1 Å². The van der Waals surface area contributed by atoms with Crippen molar-refractivity contribution in [2.24, 2.45) is 11.7 Å². The molecule has 0 radical (unpaired) electrons. The zero-order valence-electron chi connectivity index (χ0n) is 5.57. The van der Waals surface area contributed by atoms with Crippen LogP contribution >= 0.6 is 0 Å². The van der Waals surface area contributed by atoms with E-state index in [2.05, 4.69) is 19.2 Å². The van der Waals surface area contributed by atoms with Crippen LogP contribution in [-0.4, -0.2) is 18.6 Å². The summed E-state index contributed by atoms with van der Waals surface area (Å²) in [6.45, 7) is 6.32. The molecule has 1 heterocycles. The minimum atomic E-state index is 0.0417. The van der Waals surface area contributed by atoms with Gasteiger partial charge in [0.2, 0.25) is 0 Å². The van der Waals surface area contributed by atoms with Crippen LogP contribution in [0.25, 0.3) is 0 Å². The van der Waals surface area contributed by atoms with E-state index >= 15 is 0 Å². The molecule has 0 aliphatic carbocycles. The largest absolute Gasteiger partial charge is 0.324 e. The minimum absolute atomic E-state index is 0.0417. The number of hydrogen-bond donors (Lipinski definition) is 2. The van der Waals surface area contributed by atoms with Gasteiger partial charge in [-0.2, -0.15) is 0 Å². The highest BCUT2D eigenvalue weighted by Crippen LogP contribution is 2.16. The lowest BCUT2D eigenvalue weighted by Crippen LogP contribution is -2.42. The third kappa shape index (κ3) is 0.858. The molecule has 3 N–H and O–H groups in total. The van der Waals surface area contributed by atoms with E-state index in [4.69, 9.17) is 5.73 Å². The van der Waals surface area contributed by atoms with Gasteiger partial charge in [0.1, 0.15) is 0 Å². The lowest BCUT2D eigenvalue weighted by Gasteiger charge is -2.21. The lowest BCUT2D eigenvalue weighted by atomic mass is 9.92. The quantitative estimate of drug-likeness (QED) is 0.463. The fourth-order valence-corrected chi connectivity index (χ4v) is 0.965. The van der Waals surface area contributed by atoms with Crippen molar-refractivity contribution in [2.45, 2.75) is 19.4 Å². The molecule has 0 aromatic carbocycles. The monoisotopic (exact) mass is 114 g/mol. The fraction of sp³-hybridized carbons (Fsp3) is 1.00. The molecule has 1 aliphatic rings. The van der Waals surface area contributed by atoms with Crippen LogP contribution < -0.4 is 11.1 Å². The van der Waals surface area contributed by atoms with Crippen LogP contribution in [0.15, 0.2) is 0 Å². The fourth-order valence-electron chi connectivity index (χ4n) is 0.965. The molecule has 0 saturated carbocycles. The summed E-state index contributed by atoms with van der Waals surface area (Å²) in [5.74, 6) is 0.627. The summed E-state index contributed by atoms with van der Waals surface area (Å²) in [6, 6.07) is 0. The Bertz CT molecular complexity index is 88.5. The molecule has 0 aromatic heterocycles. The first-order valence-electron chi connectivity index (χ1n) is 3.12. The van der Waals surface area contributed by atoms with Gasteiger partial charge in [-0.05, 0) is 19.4 Å². The number of rotatable bonds is 0. The van der Waals surface area contributed by atoms with Gasteiger partial charge in [0.05, 0.1) is 0 Å². The summed E-state index contributed by atoms with van der Waals surface area (Å²) in [5.41, 5.74) is 5.90. The minimum Gasteiger partial charge on any atom is -0.324 e. The van der Waals surface area contributed by atoms with Crippen molar-refractivity contribution in [3.05, 3.63) is 0 Å². The van der Waals surface area contributed by atoms with Crippen LogP contribution in [0.3, 0.4) is 0 Å². The molecule has 48 valence electrons. The second-order valence-electron chi connectivity index (χ2n) is 3.04. The molecule has 1 rings (SSSR count). The normalized spacial score (nSPS) is 47.6. The molecule has 0 spiro atoms. The van der Waals surface area contributed by atoms with Crippen molar-refractivity contribution in [1.29, 1.82) is 0 Å². The van der Waals surface area contributed by atoms with Gasteiger partial charge in [-0.1, -0.05) is 6.92 Å². The summed E-state index contributed by atoms with van der Waals surface area (Å²) in [5, 5.41) is 3.24. The Morgan fingerprint density at radius 1 is 1.75 bits per heavy atom. The van der Waals surface area contributed by atoms with E-state index in [1.54, 1.807) is 0 Å². The first-order valence-corrected chi connectivity index (χ1v) is 3.12. The van der Waals surface area contributed by atoms with Crippen LogP contribution in [0.2, 0.25) is 0 Å². The average molecular weight is 114 g/mol. The molecule has 0 aromatic rings. The molecule has 8 heavy (non-hydrogen) atoms. The zero-order valence-corrected chi connectivity index (χ0v) is 5.57. The van der Waals surface area contributed by atoms with Crippen LogP contribution in [0.4, 0.5) is 0 Å². The van der Waals surface area contributed by atoms with Gasteiger partial charge in [-0.15, -0.1) is 0 Å². The van der Waals surface area contributed by atoms with E-state index < -0.39 is 0 Å². The van der Waals surface area contributed by atoms with Crippen LogP contribution in [0, 0.1) is 5.92 Å². The molecule has 1 aliphatic heterocycles. The van der Waals surface area contributed by atoms with Gasteiger partial charge in [-0.25, -0.2) is 0 Å². The second kappa shape index (κ2) is 1.71. The van der Waals surface area contributed by atoms with Gasteiger partial charge in [-0.3, -0.25) is 0 Å². The highest BCUT2D eigenvalue weighted by atomic mass is 15.0. The number of hydrogen-bond acceptors (Lipinski definition) is 2. The maximum absolute atomic E-state index is 5.86. The van der Waals surface area contributed by atoms with E-state index in [0.717, 1.165) is 13.1 Å². The van der Waals surface area contributed by atoms with Gasteiger partial charge in [0.25, 0.3) is 0 Å². The molecule has 1 fully saturated rings. The van der Waals surface area contributed by atoms with Gasteiger partial charge in [0.15, 0.2) is 0 Å². The molecule has 0 bridgehead atoms. The Balaban J connectivity index is 2.54. The molecule has 2 atom stereocenters. The number of nitrogens with two attached hydrogens (primary N) is 1. The van der Waals surface area contributed by atoms with Crippen LogP contribution in [0.1, 0.15) is 13.8 Å². The standard InChI is InChI=1S/C6H14N2/c1-5-3-8-4-6(5,2)7/h5,8H,3-4,7H2,1-2H3/t5-,6-/m1/s1. The van der Waals surface area contributed by atoms with Crippen molar-refractivity contribution in [3.63, 3.8) is 0 Å². The first-order chi connectivity index (χ1) is 3.63. The number of nitrogens with one attached hydrogen (secondary N) is 1. The topological polar surface area (TPSA) is 38.0 Å². The summed E-state index contributed by atoms with van der Waals surface area (Å²) in [4.78, 5) is 0. The first kappa shape index (κ1) is 6.05. The van der Waals surface area contributed by atoms with Gasteiger partial charge in [0, 0.05) is 12.1 Å². The predicted molar refractivity (Wildman–Crippen MR) is 34.6 cm³/mol. The Morgan fingerprint density at radius 3 is 2.50 bits per heavy atom. The van der Waals surface area contributed by atoms with Crippen molar-refractivity contribution < 1.29 is 0 Å². The molecule has 0 amide bonds. The van der Waals surface area contributed by atoms with E-state index in [9.17, 15) is 0 Å². The highest BCUT2D eigenvalue weighted by molar-refractivity contribution is 4.93. The smallest absolute Gasteiger partial charge is 0.0290 e. The van der Waals surface area contributed by atoms with E-state index in [1.807, 2.05) is 0 Å². The van der Waals surface area contributed by atoms with Crippen molar-refractivity contribution in [3.8, 4) is 0 Å². The Labute approximate surface area is 50.4 Å². The maximum atomic E-state index is 5.86. The Kier molecular flexibility index (Phi) is 1.29. The molecular formula is C6H14N2. The third-order valence-electron chi connectivity index (χ3n) is 2.08.